The molecule has 15 heteroatoms. The summed E-state index contributed by atoms with van der Waals surface area (Å²) < 4.78 is 15.1. The molecule has 0 fully saturated rings. The summed E-state index contributed by atoms with van der Waals surface area (Å²) in [5, 5.41) is 23.8. The van der Waals surface area contributed by atoms with E-state index >= 15 is 0 Å². The van der Waals surface area contributed by atoms with Gasteiger partial charge in [0.15, 0.2) is 5.71 Å². The number of rotatable bonds is 12. The van der Waals surface area contributed by atoms with Gasteiger partial charge in [-0.05, 0) is 62.3 Å². The number of oxime groups is 1. The maximum atomic E-state index is 11.3. The number of nitriles is 1. The van der Waals surface area contributed by atoms with Crippen molar-refractivity contribution in [3.8, 4) is 6.07 Å². The molecular weight excluding hydrogens is 596 g/mol. The first-order valence-corrected chi connectivity index (χ1v) is 15.0. The fraction of sp³-hybridized carbons (Fsp3) is 0.645. The predicted molar refractivity (Wildman–Crippen MR) is 178 cm³/mol. The summed E-state index contributed by atoms with van der Waals surface area (Å²) in [6, 6.07) is 10.6. The molecule has 15 nitrogen and oxygen atoms in total. The van der Waals surface area contributed by atoms with Crippen LogP contribution in [0.4, 0.5) is 14.4 Å². The average Bonchev–Trinajstić information content (AvgIpc) is 2.91. The van der Waals surface area contributed by atoms with Crippen molar-refractivity contribution in [3.05, 3.63) is 35.9 Å². The summed E-state index contributed by atoms with van der Waals surface area (Å²) in [5.74, 6) is 0. The summed E-state index contributed by atoms with van der Waals surface area (Å²) >= 11 is 0. The van der Waals surface area contributed by atoms with Crippen LogP contribution in [0.2, 0.25) is 0 Å². The fourth-order valence-electron chi connectivity index (χ4n) is 2.67. The van der Waals surface area contributed by atoms with Crippen molar-refractivity contribution < 1.29 is 33.4 Å². The number of nitrogens with one attached hydrogen (secondary N) is 4. The highest BCUT2D eigenvalue weighted by Gasteiger charge is 2.18. The number of alkyl carbamates (subject to hydrolysis) is 2. The van der Waals surface area contributed by atoms with Crippen molar-refractivity contribution in [1.82, 2.24) is 21.3 Å². The Kier molecular flexibility index (Phi) is 23.3. The number of amides is 2. The molecule has 1 aromatic rings. The van der Waals surface area contributed by atoms with Crippen molar-refractivity contribution in [2.45, 2.75) is 79.1 Å². The first kappa shape index (κ1) is 44.2. The molecule has 0 heterocycles. The number of nitrogens with zero attached hydrogens (tertiary/aromatic N) is 2. The second-order valence-corrected chi connectivity index (χ2v) is 12.4. The zero-order chi connectivity index (χ0) is 35.7. The van der Waals surface area contributed by atoms with Gasteiger partial charge in [-0.3, -0.25) is 4.84 Å². The molecule has 1 rings (SSSR count). The Morgan fingerprint density at radius 2 is 1.11 bits per heavy atom. The van der Waals surface area contributed by atoms with Crippen LogP contribution in [0.5, 0.6) is 0 Å². The van der Waals surface area contributed by atoms with Crippen molar-refractivity contribution in [3.63, 3.8) is 0 Å². The standard InChI is InChI=1S/C14H29N3O4.C13H14N2O3.C4H13N3/c1-13(2,3)20-11(18)16-9-7-15-8-10-17-12(19)21-14(4,5)6;1-13(2,3)17-12(16)18-15-11(9-14)10-7-5-4-6-8-10;5-1-3-7-4-2-6/h15H,7-10H2,1-6H3,(H,16,18)(H,17,19);4-8H,1-3H3;7H,1-6H2/b;15-11-;. The summed E-state index contributed by atoms with van der Waals surface area (Å²) in [5.41, 5.74) is 9.28. The Balaban J connectivity index is 0. The van der Waals surface area contributed by atoms with Crippen LogP contribution in [0.15, 0.2) is 35.5 Å². The van der Waals surface area contributed by atoms with E-state index in [0.29, 0.717) is 44.8 Å². The molecule has 0 radical (unpaired) electrons. The molecular formula is C31H56N8O7. The number of hydrogen-bond acceptors (Lipinski definition) is 13. The third kappa shape index (κ3) is 31.5. The van der Waals surface area contributed by atoms with E-state index in [4.69, 9.17) is 30.9 Å². The number of carbonyl (C=O) groups excluding carboxylic acids is 3. The second kappa shape index (κ2) is 24.3. The van der Waals surface area contributed by atoms with E-state index < -0.39 is 35.1 Å². The molecule has 0 aromatic heterocycles. The van der Waals surface area contributed by atoms with Gasteiger partial charge in [0.25, 0.3) is 0 Å². The third-order valence-electron chi connectivity index (χ3n) is 4.34. The predicted octanol–water partition coefficient (Wildman–Crippen LogP) is 2.98. The Hall–Kier alpha value is -3.97. The lowest BCUT2D eigenvalue weighted by molar-refractivity contribution is -0.00614. The van der Waals surface area contributed by atoms with Gasteiger partial charge in [0, 0.05) is 57.9 Å². The lowest BCUT2D eigenvalue weighted by Gasteiger charge is -2.20. The first-order chi connectivity index (χ1) is 21.3. The lowest BCUT2D eigenvalue weighted by atomic mass is 10.1. The van der Waals surface area contributed by atoms with Gasteiger partial charge >= 0.3 is 18.3 Å². The Labute approximate surface area is 274 Å². The average molecular weight is 653 g/mol. The Bertz CT molecular complexity index is 1020. The van der Waals surface area contributed by atoms with E-state index in [0.717, 1.165) is 13.1 Å². The number of benzene rings is 1. The summed E-state index contributed by atoms with van der Waals surface area (Å²) in [7, 11) is 0. The highest BCUT2D eigenvalue weighted by molar-refractivity contribution is 6.11. The SMILES string of the molecule is CC(C)(C)OC(=O)NCCNCCNC(=O)OC(C)(C)C.CC(C)(C)OC(=O)O/N=C(/C#N)c1ccccc1.NCCNCCN. The van der Waals surface area contributed by atoms with Crippen molar-refractivity contribution >= 4 is 24.1 Å². The number of ether oxygens (including phenoxy) is 3. The molecule has 0 aliphatic heterocycles. The molecule has 0 atom stereocenters. The quantitative estimate of drug-likeness (QED) is 0.0479. The van der Waals surface area contributed by atoms with Crippen molar-refractivity contribution in [2.24, 2.45) is 16.6 Å². The van der Waals surface area contributed by atoms with Gasteiger partial charge in [0.1, 0.15) is 22.9 Å². The van der Waals surface area contributed by atoms with Gasteiger partial charge in [0.2, 0.25) is 0 Å². The van der Waals surface area contributed by atoms with Crippen molar-refractivity contribution in [1.29, 1.82) is 5.26 Å². The maximum absolute atomic E-state index is 11.3. The minimum absolute atomic E-state index is 0.0152. The molecule has 8 N–H and O–H groups in total. The van der Waals surface area contributed by atoms with E-state index in [1.807, 2.05) is 53.7 Å². The molecule has 0 bridgehead atoms. The molecule has 0 aliphatic rings. The lowest BCUT2D eigenvalue weighted by Crippen LogP contribution is -2.39. The third-order valence-corrected chi connectivity index (χ3v) is 4.34. The highest BCUT2D eigenvalue weighted by Crippen LogP contribution is 2.09. The molecule has 0 unspecified atom stereocenters. The van der Waals surface area contributed by atoms with Crippen LogP contribution in [-0.2, 0) is 19.0 Å². The summed E-state index contributed by atoms with van der Waals surface area (Å²) in [6.45, 7) is 21.2. The van der Waals surface area contributed by atoms with Gasteiger partial charge in [-0.1, -0.05) is 35.5 Å². The van der Waals surface area contributed by atoms with Crippen LogP contribution in [0.1, 0.15) is 67.9 Å². The van der Waals surface area contributed by atoms with Gasteiger partial charge in [-0.25, -0.2) is 14.4 Å². The Morgan fingerprint density at radius 1 is 0.696 bits per heavy atom. The van der Waals surface area contributed by atoms with E-state index in [2.05, 4.69) is 31.3 Å². The van der Waals surface area contributed by atoms with Gasteiger partial charge < -0.3 is 46.9 Å². The van der Waals surface area contributed by atoms with Crippen LogP contribution in [0.3, 0.4) is 0 Å². The smallest absolute Gasteiger partial charge is 0.444 e. The molecule has 46 heavy (non-hydrogen) atoms. The second-order valence-electron chi connectivity index (χ2n) is 12.4. The molecule has 0 saturated heterocycles. The monoisotopic (exact) mass is 652 g/mol. The normalized spacial score (nSPS) is 11.3. The highest BCUT2D eigenvalue weighted by atomic mass is 16.8. The van der Waals surface area contributed by atoms with E-state index in [9.17, 15) is 14.4 Å². The first-order valence-electron chi connectivity index (χ1n) is 15.0. The number of nitrogens with two attached hydrogens (primary N) is 2. The molecule has 0 spiro atoms. The molecule has 0 saturated carbocycles. The van der Waals surface area contributed by atoms with E-state index in [1.165, 1.54) is 0 Å². The number of carbonyl (C=O) groups is 3. The van der Waals surface area contributed by atoms with E-state index in [-0.39, 0.29) is 5.71 Å². The minimum Gasteiger partial charge on any atom is -0.444 e. The Morgan fingerprint density at radius 3 is 1.48 bits per heavy atom. The minimum atomic E-state index is -0.939. The maximum Gasteiger partial charge on any atom is 0.535 e. The molecule has 262 valence electrons. The van der Waals surface area contributed by atoms with Crippen LogP contribution in [0.25, 0.3) is 0 Å². The summed E-state index contributed by atoms with van der Waals surface area (Å²) in [6.07, 6.45) is -1.81. The number of hydrogen-bond donors (Lipinski definition) is 6. The topological polar surface area (TPSA) is 224 Å². The van der Waals surface area contributed by atoms with Crippen LogP contribution >= 0.6 is 0 Å². The fourth-order valence-corrected chi connectivity index (χ4v) is 2.67. The van der Waals surface area contributed by atoms with Crippen LogP contribution < -0.4 is 32.7 Å². The largest absolute Gasteiger partial charge is 0.535 e. The van der Waals surface area contributed by atoms with Gasteiger partial charge in [0.05, 0.1) is 0 Å². The van der Waals surface area contributed by atoms with Crippen LogP contribution in [-0.4, -0.2) is 93.2 Å². The molecule has 1 aromatic carbocycles. The zero-order valence-corrected chi connectivity index (χ0v) is 29.0. The van der Waals surface area contributed by atoms with Gasteiger partial charge in [-0.15, -0.1) is 0 Å². The van der Waals surface area contributed by atoms with Crippen LogP contribution in [0, 0.1) is 11.3 Å². The zero-order valence-electron chi connectivity index (χ0n) is 29.0. The van der Waals surface area contributed by atoms with Crippen molar-refractivity contribution in [2.75, 3.05) is 52.4 Å². The van der Waals surface area contributed by atoms with E-state index in [1.54, 1.807) is 45.0 Å². The molecule has 0 aliphatic carbocycles. The summed E-state index contributed by atoms with van der Waals surface area (Å²) in [4.78, 5) is 38.4. The molecule has 2 amide bonds. The van der Waals surface area contributed by atoms with Gasteiger partial charge in [-0.2, -0.15) is 5.26 Å².